The second-order valence-electron chi connectivity index (χ2n) is 6.27. The fourth-order valence-electron chi connectivity index (χ4n) is 3.03. The zero-order valence-electron chi connectivity index (χ0n) is 13.3. The number of benzene rings is 1. The smallest absolute Gasteiger partial charge is 0.269 e. The Balaban J connectivity index is 0.00000264. The van der Waals surface area contributed by atoms with Crippen LogP contribution in [0.1, 0.15) is 38.2 Å². The van der Waals surface area contributed by atoms with E-state index >= 15 is 0 Å². The lowest BCUT2D eigenvalue weighted by Crippen LogP contribution is -2.53. The predicted octanol–water partition coefficient (Wildman–Crippen LogP) is 2.58. The maximum atomic E-state index is 12.3. The van der Waals surface area contributed by atoms with Crippen LogP contribution in [0.3, 0.4) is 0 Å². The lowest BCUT2D eigenvalue weighted by atomic mass is 9.74. The van der Waals surface area contributed by atoms with Gasteiger partial charge in [-0.2, -0.15) is 0 Å². The monoisotopic (exact) mass is 341 g/mol. The number of nitrogens with one attached hydrogen (secondary N) is 1. The molecule has 0 aliphatic heterocycles. The highest BCUT2D eigenvalue weighted by molar-refractivity contribution is 5.85. The molecule has 1 saturated carbocycles. The molecule has 0 aromatic heterocycles. The molecule has 1 amide bonds. The molecule has 1 aliphatic rings. The first kappa shape index (κ1) is 19.4. The van der Waals surface area contributed by atoms with E-state index in [9.17, 15) is 14.9 Å². The summed E-state index contributed by atoms with van der Waals surface area (Å²) in [5, 5.41) is 13.5. The number of hydrogen-bond acceptors (Lipinski definition) is 4. The minimum absolute atomic E-state index is 0. The van der Waals surface area contributed by atoms with E-state index in [1.807, 2.05) is 6.92 Å². The van der Waals surface area contributed by atoms with E-state index < -0.39 is 10.5 Å². The Morgan fingerprint density at radius 2 is 2.04 bits per heavy atom. The summed E-state index contributed by atoms with van der Waals surface area (Å²) in [7, 11) is 0. The molecule has 128 valence electrons. The van der Waals surface area contributed by atoms with Crippen LogP contribution in [0.2, 0.25) is 0 Å². The number of hydrogen-bond donors (Lipinski definition) is 2. The van der Waals surface area contributed by atoms with Gasteiger partial charge in [-0.15, -0.1) is 12.4 Å². The van der Waals surface area contributed by atoms with E-state index in [0.29, 0.717) is 13.0 Å². The molecule has 1 aromatic carbocycles. The number of non-ortho nitro benzene ring substituents is 1. The molecule has 2 unspecified atom stereocenters. The zero-order chi connectivity index (χ0) is 16.2. The molecule has 0 saturated heterocycles. The summed E-state index contributed by atoms with van der Waals surface area (Å²) in [5.74, 6) is -0.107. The summed E-state index contributed by atoms with van der Waals surface area (Å²) >= 11 is 0. The van der Waals surface area contributed by atoms with E-state index in [4.69, 9.17) is 5.73 Å². The van der Waals surface area contributed by atoms with Crippen LogP contribution in [-0.2, 0) is 11.2 Å². The number of rotatable bonds is 5. The fraction of sp³-hybridized carbons (Fsp3) is 0.562. The first-order valence-corrected chi connectivity index (χ1v) is 7.70. The summed E-state index contributed by atoms with van der Waals surface area (Å²) in [6.07, 6.45) is 4.51. The Kier molecular flexibility index (Phi) is 6.97. The molecule has 0 radical (unpaired) electrons. The summed E-state index contributed by atoms with van der Waals surface area (Å²) in [6, 6.07) is 6.40. The molecule has 0 heterocycles. The molecule has 3 N–H and O–H groups in total. The van der Waals surface area contributed by atoms with Crippen molar-refractivity contribution in [3.63, 3.8) is 0 Å². The van der Waals surface area contributed by atoms with Crippen molar-refractivity contribution >= 4 is 24.0 Å². The van der Waals surface area contributed by atoms with Crippen molar-refractivity contribution in [3.8, 4) is 0 Å². The minimum Gasteiger partial charge on any atom is -0.355 e. The molecule has 7 heteroatoms. The van der Waals surface area contributed by atoms with Crippen molar-refractivity contribution in [2.45, 2.75) is 44.6 Å². The minimum atomic E-state index is -0.421. The molecule has 1 aromatic rings. The molecular weight excluding hydrogens is 318 g/mol. The van der Waals surface area contributed by atoms with Gasteiger partial charge in [-0.05, 0) is 31.7 Å². The largest absolute Gasteiger partial charge is 0.355 e. The van der Waals surface area contributed by atoms with Gasteiger partial charge in [0, 0.05) is 24.2 Å². The molecule has 2 rings (SSSR count). The van der Waals surface area contributed by atoms with Gasteiger partial charge in [-0.1, -0.05) is 25.0 Å². The second kappa shape index (κ2) is 8.26. The summed E-state index contributed by atoms with van der Waals surface area (Å²) in [5.41, 5.74) is 6.85. The second-order valence-corrected chi connectivity index (χ2v) is 6.27. The van der Waals surface area contributed by atoms with Crippen LogP contribution < -0.4 is 11.1 Å². The van der Waals surface area contributed by atoms with E-state index in [0.717, 1.165) is 31.2 Å². The number of amides is 1. The number of carbonyl (C=O) groups is 1. The van der Waals surface area contributed by atoms with Gasteiger partial charge in [-0.25, -0.2) is 0 Å². The van der Waals surface area contributed by atoms with Crippen molar-refractivity contribution in [1.82, 2.24) is 5.32 Å². The molecule has 0 spiro atoms. The number of nitro groups is 1. The van der Waals surface area contributed by atoms with Crippen molar-refractivity contribution < 1.29 is 9.72 Å². The lowest BCUT2D eigenvalue weighted by molar-refractivity contribution is -0.384. The fourth-order valence-corrected chi connectivity index (χ4v) is 3.03. The first-order valence-electron chi connectivity index (χ1n) is 7.70. The standard InChI is InChI=1S/C16H23N3O3.ClH/c1-16(17)10-3-2-4-14(16)15(20)18-11-9-12-5-7-13(8-6-12)19(21)22;/h5-8,14H,2-4,9-11,17H2,1H3,(H,18,20);1H. The normalized spacial score (nSPS) is 23.7. The topological polar surface area (TPSA) is 98.3 Å². The van der Waals surface area contributed by atoms with Gasteiger partial charge in [0.2, 0.25) is 5.91 Å². The lowest BCUT2D eigenvalue weighted by Gasteiger charge is -2.37. The number of nitrogens with two attached hydrogens (primary N) is 1. The average Bonchev–Trinajstić information content (AvgIpc) is 2.47. The zero-order valence-corrected chi connectivity index (χ0v) is 14.1. The first-order chi connectivity index (χ1) is 10.4. The Hall–Kier alpha value is -1.66. The van der Waals surface area contributed by atoms with E-state index in [1.54, 1.807) is 12.1 Å². The highest BCUT2D eigenvalue weighted by Crippen LogP contribution is 2.31. The van der Waals surface area contributed by atoms with Crippen molar-refractivity contribution in [2.75, 3.05) is 6.54 Å². The number of carbonyl (C=O) groups excluding carboxylic acids is 1. The summed E-state index contributed by atoms with van der Waals surface area (Å²) in [4.78, 5) is 22.4. The van der Waals surface area contributed by atoms with E-state index in [1.165, 1.54) is 12.1 Å². The highest BCUT2D eigenvalue weighted by atomic mass is 35.5. The van der Waals surface area contributed by atoms with Gasteiger partial charge in [0.1, 0.15) is 0 Å². The van der Waals surface area contributed by atoms with Gasteiger partial charge >= 0.3 is 0 Å². The van der Waals surface area contributed by atoms with Crippen LogP contribution in [0.4, 0.5) is 5.69 Å². The Labute approximate surface area is 142 Å². The van der Waals surface area contributed by atoms with E-state index in [2.05, 4.69) is 5.32 Å². The van der Waals surface area contributed by atoms with Crippen LogP contribution in [0.15, 0.2) is 24.3 Å². The Bertz CT molecular complexity index is 546. The molecule has 1 aliphatic carbocycles. The third-order valence-corrected chi connectivity index (χ3v) is 4.43. The van der Waals surface area contributed by atoms with Crippen LogP contribution in [0.5, 0.6) is 0 Å². The summed E-state index contributed by atoms with van der Waals surface area (Å²) < 4.78 is 0. The molecule has 23 heavy (non-hydrogen) atoms. The highest BCUT2D eigenvalue weighted by Gasteiger charge is 2.37. The SMILES string of the molecule is CC1(N)CCCCC1C(=O)NCCc1ccc([N+](=O)[O-])cc1.Cl. The van der Waals surface area contributed by atoms with Gasteiger partial charge in [-0.3, -0.25) is 14.9 Å². The average molecular weight is 342 g/mol. The quantitative estimate of drug-likeness (QED) is 0.635. The number of nitrogens with zero attached hydrogens (tertiary/aromatic N) is 1. The van der Waals surface area contributed by atoms with Gasteiger partial charge in [0.15, 0.2) is 0 Å². The van der Waals surface area contributed by atoms with Gasteiger partial charge in [0.05, 0.1) is 10.8 Å². The van der Waals surface area contributed by atoms with Crippen LogP contribution in [0.25, 0.3) is 0 Å². The summed E-state index contributed by atoms with van der Waals surface area (Å²) in [6.45, 7) is 2.47. The third-order valence-electron chi connectivity index (χ3n) is 4.43. The molecule has 1 fully saturated rings. The molecule has 6 nitrogen and oxygen atoms in total. The third kappa shape index (κ3) is 5.18. The van der Waals surface area contributed by atoms with Crippen molar-refractivity contribution in [3.05, 3.63) is 39.9 Å². The number of nitro benzene ring substituents is 1. The van der Waals surface area contributed by atoms with Gasteiger partial charge < -0.3 is 11.1 Å². The van der Waals surface area contributed by atoms with Crippen LogP contribution in [0, 0.1) is 16.0 Å². The number of halogens is 1. The van der Waals surface area contributed by atoms with Crippen LogP contribution >= 0.6 is 12.4 Å². The maximum Gasteiger partial charge on any atom is 0.269 e. The predicted molar refractivity (Wildman–Crippen MR) is 91.6 cm³/mol. The molecular formula is C16H24ClN3O3. The Morgan fingerprint density at radius 3 is 2.61 bits per heavy atom. The molecule has 0 bridgehead atoms. The molecule has 2 atom stereocenters. The van der Waals surface area contributed by atoms with Crippen LogP contribution in [-0.4, -0.2) is 22.9 Å². The Morgan fingerprint density at radius 1 is 1.39 bits per heavy atom. The maximum absolute atomic E-state index is 12.3. The van der Waals surface area contributed by atoms with Crippen molar-refractivity contribution in [2.24, 2.45) is 11.7 Å². The van der Waals surface area contributed by atoms with Crippen molar-refractivity contribution in [1.29, 1.82) is 0 Å². The van der Waals surface area contributed by atoms with Gasteiger partial charge in [0.25, 0.3) is 5.69 Å². The van der Waals surface area contributed by atoms with E-state index in [-0.39, 0.29) is 29.9 Å².